The molecule has 5 heteroatoms. The van der Waals surface area contributed by atoms with Gasteiger partial charge in [0.15, 0.2) is 6.10 Å². The van der Waals surface area contributed by atoms with Crippen LogP contribution in [0, 0.1) is 0 Å². The Bertz CT molecular complexity index is 360. The van der Waals surface area contributed by atoms with E-state index < -0.39 is 24.5 Å². The quantitative estimate of drug-likeness (QED) is 0.714. The smallest absolute Gasteiger partial charge is 0.335 e. The number of aliphatic hydroxyl groups is 1. The van der Waals surface area contributed by atoms with E-state index in [-0.39, 0.29) is 6.61 Å². The molecule has 0 spiro atoms. The van der Waals surface area contributed by atoms with Gasteiger partial charge in [0.1, 0.15) is 6.61 Å². The average molecular weight is 224 g/mol. The number of benzene rings is 1. The van der Waals surface area contributed by atoms with Crippen molar-refractivity contribution in [2.45, 2.75) is 19.1 Å². The van der Waals surface area contributed by atoms with Crippen molar-refractivity contribution in [1.29, 1.82) is 0 Å². The van der Waals surface area contributed by atoms with Crippen LogP contribution in [0.3, 0.4) is 0 Å². The molecule has 0 amide bonds. The summed E-state index contributed by atoms with van der Waals surface area (Å²) in [6, 6.07) is 8.92. The molecule has 0 saturated heterocycles. The summed E-state index contributed by atoms with van der Waals surface area (Å²) in [4.78, 5) is 21.3. The zero-order chi connectivity index (χ0) is 12.0. The van der Waals surface area contributed by atoms with Crippen LogP contribution in [0.5, 0.6) is 0 Å². The topological polar surface area (TPSA) is 83.8 Å². The first-order valence-corrected chi connectivity index (χ1v) is 4.70. The Hall–Kier alpha value is -1.88. The number of esters is 1. The molecule has 0 saturated carbocycles. The number of aliphatic hydroxyl groups excluding tert-OH is 1. The van der Waals surface area contributed by atoms with Crippen molar-refractivity contribution in [3.63, 3.8) is 0 Å². The summed E-state index contributed by atoms with van der Waals surface area (Å²) in [6.45, 7) is 0.0242. The molecule has 0 heterocycles. The third kappa shape index (κ3) is 4.10. The lowest BCUT2D eigenvalue weighted by atomic mass is 10.2. The van der Waals surface area contributed by atoms with Gasteiger partial charge < -0.3 is 14.9 Å². The number of carbonyl (C=O) groups is 2. The van der Waals surface area contributed by atoms with E-state index in [2.05, 4.69) is 0 Å². The van der Waals surface area contributed by atoms with Crippen molar-refractivity contribution in [2.75, 3.05) is 0 Å². The fourth-order valence-corrected chi connectivity index (χ4v) is 1.07. The van der Waals surface area contributed by atoms with E-state index in [1.807, 2.05) is 6.07 Å². The third-order valence-electron chi connectivity index (χ3n) is 1.86. The average Bonchev–Trinajstić information content (AvgIpc) is 2.26. The molecule has 0 aromatic heterocycles. The number of aliphatic carboxylic acids is 1. The van der Waals surface area contributed by atoms with Gasteiger partial charge in [0.05, 0.1) is 6.42 Å². The van der Waals surface area contributed by atoms with E-state index in [0.717, 1.165) is 5.56 Å². The van der Waals surface area contributed by atoms with Gasteiger partial charge in [0, 0.05) is 0 Å². The van der Waals surface area contributed by atoms with E-state index in [4.69, 9.17) is 14.9 Å². The highest BCUT2D eigenvalue weighted by Gasteiger charge is 2.19. The molecule has 16 heavy (non-hydrogen) atoms. The number of rotatable bonds is 5. The summed E-state index contributed by atoms with van der Waals surface area (Å²) in [5, 5.41) is 17.5. The second kappa shape index (κ2) is 5.87. The van der Waals surface area contributed by atoms with Gasteiger partial charge in [-0.15, -0.1) is 0 Å². The maximum atomic E-state index is 11.1. The molecule has 1 rings (SSSR count). The van der Waals surface area contributed by atoms with Gasteiger partial charge in [0.25, 0.3) is 0 Å². The molecule has 0 aliphatic carbocycles. The van der Waals surface area contributed by atoms with E-state index in [1.54, 1.807) is 24.3 Å². The largest absolute Gasteiger partial charge is 0.481 e. The number of hydrogen-bond acceptors (Lipinski definition) is 4. The standard InChI is InChI=1S/C11H12O5/c12-9(6-10(13)14)11(15)16-7-8-4-2-1-3-5-8/h1-5,9,12H,6-7H2,(H,13,14)/t9-/m1/s1. The molecule has 1 aromatic carbocycles. The van der Waals surface area contributed by atoms with Crippen LogP contribution >= 0.6 is 0 Å². The zero-order valence-corrected chi connectivity index (χ0v) is 8.50. The fraction of sp³-hybridized carbons (Fsp3) is 0.273. The van der Waals surface area contributed by atoms with Gasteiger partial charge in [-0.1, -0.05) is 30.3 Å². The monoisotopic (exact) mass is 224 g/mol. The van der Waals surface area contributed by atoms with E-state index >= 15 is 0 Å². The SMILES string of the molecule is O=C(O)C[C@@H](O)C(=O)OCc1ccccc1. The Morgan fingerprint density at radius 3 is 2.44 bits per heavy atom. The maximum Gasteiger partial charge on any atom is 0.335 e. The van der Waals surface area contributed by atoms with Crippen LogP contribution in [0.1, 0.15) is 12.0 Å². The van der Waals surface area contributed by atoms with Crippen LogP contribution < -0.4 is 0 Å². The lowest BCUT2D eigenvalue weighted by Crippen LogP contribution is -2.25. The molecule has 0 unspecified atom stereocenters. The minimum absolute atomic E-state index is 0.0242. The predicted molar refractivity (Wildman–Crippen MR) is 54.5 cm³/mol. The van der Waals surface area contributed by atoms with Crippen LogP contribution in [-0.2, 0) is 20.9 Å². The van der Waals surface area contributed by atoms with Gasteiger partial charge in [0.2, 0.25) is 0 Å². The highest BCUT2D eigenvalue weighted by Crippen LogP contribution is 2.03. The molecule has 0 radical (unpaired) electrons. The first-order valence-electron chi connectivity index (χ1n) is 4.70. The molecule has 5 nitrogen and oxygen atoms in total. The molecule has 0 aliphatic rings. The van der Waals surface area contributed by atoms with E-state index in [9.17, 15) is 9.59 Å². The Morgan fingerprint density at radius 1 is 1.25 bits per heavy atom. The molecule has 0 aliphatic heterocycles. The number of ether oxygens (including phenoxy) is 1. The zero-order valence-electron chi connectivity index (χ0n) is 8.50. The predicted octanol–water partition coefficient (Wildman–Crippen LogP) is 0.565. The third-order valence-corrected chi connectivity index (χ3v) is 1.86. The Labute approximate surface area is 92.3 Å². The number of carboxylic acids is 1. The second-order valence-electron chi connectivity index (χ2n) is 3.21. The summed E-state index contributed by atoms with van der Waals surface area (Å²) >= 11 is 0. The minimum Gasteiger partial charge on any atom is -0.481 e. The van der Waals surface area contributed by atoms with Crippen LogP contribution in [0.4, 0.5) is 0 Å². The minimum atomic E-state index is -1.61. The van der Waals surface area contributed by atoms with E-state index in [0.29, 0.717) is 0 Å². The molecule has 1 aromatic rings. The van der Waals surface area contributed by atoms with Crippen molar-refractivity contribution in [1.82, 2.24) is 0 Å². The van der Waals surface area contributed by atoms with Crippen molar-refractivity contribution >= 4 is 11.9 Å². The molecule has 0 fully saturated rings. The van der Waals surface area contributed by atoms with Crippen molar-refractivity contribution < 1.29 is 24.5 Å². The summed E-state index contributed by atoms with van der Waals surface area (Å²) < 4.78 is 4.74. The summed E-state index contributed by atoms with van der Waals surface area (Å²) in [7, 11) is 0. The van der Waals surface area contributed by atoms with Crippen molar-refractivity contribution in [3.05, 3.63) is 35.9 Å². The summed E-state index contributed by atoms with van der Waals surface area (Å²) in [6.07, 6.45) is -2.26. The second-order valence-corrected chi connectivity index (χ2v) is 3.21. The first kappa shape index (κ1) is 12.2. The highest BCUT2D eigenvalue weighted by atomic mass is 16.5. The Balaban J connectivity index is 2.38. The Kier molecular flexibility index (Phi) is 4.47. The molecule has 1 atom stereocenters. The molecular formula is C11H12O5. The molecular weight excluding hydrogens is 212 g/mol. The normalized spacial score (nSPS) is 11.8. The van der Waals surface area contributed by atoms with Crippen molar-refractivity contribution in [3.8, 4) is 0 Å². The number of carboxylic acid groups (broad SMARTS) is 1. The fourth-order valence-electron chi connectivity index (χ4n) is 1.07. The van der Waals surface area contributed by atoms with Gasteiger partial charge in [-0.05, 0) is 5.56 Å². The van der Waals surface area contributed by atoms with Gasteiger partial charge in [-0.25, -0.2) is 4.79 Å². The maximum absolute atomic E-state index is 11.1. The van der Waals surface area contributed by atoms with Crippen LogP contribution in [0.2, 0.25) is 0 Å². The first-order chi connectivity index (χ1) is 7.59. The van der Waals surface area contributed by atoms with Crippen LogP contribution in [0.15, 0.2) is 30.3 Å². The molecule has 86 valence electrons. The highest BCUT2D eigenvalue weighted by molar-refractivity contribution is 5.80. The number of hydrogen-bond donors (Lipinski definition) is 2. The molecule has 2 N–H and O–H groups in total. The summed E-state index contributed by atoms with van der Waals surface area (Å²) in [5.74, 6) is -2.17. The van der Waals surface area contributed by atoms with Crippen LogP contribution in [0.25, 0.3) is 0 Å². The van der Waals surface area contributed by atoms with Gasteiger partial charge in [-0.2, -0.15) is 0 Å². The van der Waals surface area contributed by atoms with Crippen molar-refractivity contribution in [2.24, 2.45) is 0 Å². The lowest BCUT2D eigenvalue weighted by Gasteiger charge is -2.08. The lowest BCUT2D eigenvalue weighted by molar-refractivity contribution is -0.159. The number of carbonyl (C=O) groups excluding carboxylic acids is 1. The van der Waals surface area contributed by atoms with Crippen LogP contribution in [-0.4, -0.2) is 28.3 Å². The molecule has 0 bridgehead atoms. The Morgan fingerprint density at radius 2 is 1.88 bits per heavy atom. The van der Waals surface area contributed by atoms with E-state index in [1.165, 1.54) is 0 Å². The van der Waals surface area contributed by atoms with Gasteiger partial charge in [-0.3, -0.25) is 4.79 Å². The van der Waals surface area contributed by atoms with Gasteiger partial charge >= 0.3 is 11.9 Å². The summed E-state index contributed by atoms with van der Waals surface area (Å²) in [5.41, 5.74) is 0.776.